The van der Waals surface area contributed by atoms with Crippen LogP contribution in [-0.4, -0.2) is 6.04 Å². The maximum atomic E-state index is 13.2. The summed E-state index contributed by atoms with van der Waals surface area (Å²) >= 11 is 3.35. The third-order valence-electron chi connectivity index (χ3n) is 3.49. The molecule has 0 bridgehead atoms. The van der Waals surface area contributed by atoms with Crippen LogP contribution in [0.1, 0.15) is 29.9 Å². The monoisotopic (exact) mass is 353 g/mol. The number of rotatable bonds is 6. The number of hydrogen-bond acceptors (Lipinski definition) is 3. The highest BCUT2D eigenvalue weighted by Gasteiger charge is 2.21. The van der Waals surface area contributed by atoms with Crippen molar-refractivity contribution >= 4 is 15.9 Å². The molecule has 0 spiro atoms. The Kier molecular flexibility index (Phi) is 4.31. The largest absolute Gasteiger partial charge is 0.487 e. The lowest BCUT2D eigenvalue weighted by Gasteiger charge is -2.07. The molecule has 2 aromatic rings. The molecule has 1 aromatic carbocycles. The second-order valence-corrected chi connectivity index (χ2v) is 6.17. The minimum absolute atomic E-state index is 0.313. The van der Waals surface area contributed by atoms with Gasteiger partial charge in [-0.05, 0) is 53.9 Å². The highest BCUT2D eigenvalue weighted by molar-refractivity contribution is 9.10. The first-order valence-electron chi connectivity index (χ1n) is 7.01. The standard InChI is InChI=1S/C16H17BrFNO2/c1-10-11(6-14(21-10)8-19-13-3-4-13)9-20-16-7-12(18)2-5-15(16)17/h2,5-7,13,19H,3-4,8-9H2,1H3. The number of benzene rings is 1. The van der Waals surface area contributed by atoms with E-state index in [0.29, 0.717) is 18.4 Å². The zero-order valence-electron chi connectivity index (χ0n) is 11.8. The van der Waals surface area contributed by atoms with Crippen LogP contribution in [0.5, 0.6) is 5.75 Å². The Morgan fingerprint density at radius 2 is 2.19 bits per heavy atom. The summed E-state index contributed by atoms with van der Waals surface area (Å²) in [5, 5.41) is 3.41. The minimum atomic E-state index is -0.313. The molecule has 1 saturated carbocycles. The third-order valence-corrected chi connectivity index (χ3v) is 4.15. The smallest absolute Gasteiger partial charge is 0.136 e. The fraction of sp³-hybridized carbons (Fsp3) is 0.375. The molecule has 1 aliphatic rings. The third kappa shape index (κ3) is 3.86. The molecule has 0 atom stereocenters. The van der Waals surface area contributed by atoms with Crippen molar-refractivity contribution in [2.45, 2.75) is 39.0 Å². The van der Waals surface area contributed by atoms with Crippen molar-refractivity contribution in [3.05, 3.63) is 51.6 Å². The molecule has 5 heteroatoms. The summed E-state index contributed by atoms with van der Waals surface area (Å²) in [6, 6.07) is 7.05. The van der Waals surface area contributed by atoms with Crippen molar-refractivity contribution < 1.29 is 13.5 Å². The van der Waals surface area contributed by atoms with Crippen molar-refractivity contribution in [3.63, 3.8) is 0 Å². The van der Waals surface area contributed by atoms with Crippen LogP contribution >= 0.6 is 15.9 Å². The van der Waals surface area contributed by atoms with Crippen molar-refractivity contribution in [2.75, 3.05) is 0 Å². The molecule has 3 nitrogen and oxygen atoms in total. The van der Waals surface area contributed by atoms with Gasteiger partial charge in [0.25, 0.3) is 0 Å². The summed E-state index contributed by atoms with van der Waals surface area (Å²) in [6.07, 6.45) is 2.51. The number of aryl methyl sites for hydroxylation is 1. The van der Waals surface area contributed by atoms with Crippen LogP contribution in [-0.2, 0) is 13.2 Å². The lowest BCUT2D eigenvalue weighted by molar-refractivity contribution is 0.299. The summed E-state index contributed by atoms with van der Waals surface area (Å²) in [6.45, 7) is 3.02. The van der Waals surface area contributed by atoms with E-state index in [1.807, 2.05) is 13.0 Å². The van der Waals surface area contributed by atoms with E-state index in [1.165, 1.54) is 25.0 Å². The predicted molar refractivity (Wildman–Crippen MR) is 81.7 cm³/mol. The van der Waals surface area contributed by atoms with Crippen LogP contribution in [0.25, 0.3) is 0 Å². The number of furan rings is 1. The summed E-state index contributed by atoms with van der Waals surface area (Å²) in [4.78, 5) is 0. The number of ether oxygens (including phenoxy) is 1. The molecule has 0 unspecified atom stereocenters. The van der Waals surface area contributed by atoms with Crippen LogP contribution in [0.2, 0.25) is 0 Å². The summed E-state index contributed by atoms with van der Waals surface area (Å²) < 4.78 is 25.3. The van der Waals surface area contributed by atoms with Gasteiger partial charge in [-0.25, -0.2) is 4.39 Å². The fourth-order valence-corrected chi connectivity index (χ4v) is 2.45. The first-order chi connectivity index (χ1) is 10.1. The van der Waals surface area contributed by atoms with Gasteiger partial charge >= 0.3 is 0 Å². The summed E-state index contributed by atoms with van der Waals surface area (Å²) in [7, 11) is 0. The van der Waals surface area contributed by atoms with Crippen LogP contribution in [0, 0.1) is 12.7 Å². The summed E-state index contributed by atoms with van der Waals surface area (Å²) in [5.74, 6) is 1.94. The number of halogens is 2. The Morgan fingerprint density at radius 1 is 1.38 bits per heavy atom. The topological polar surface area (TPSA) is 34.4 Å². The first kappa shape index (κ1) is 14.6. The molecule has 21 heavy (non-hydrogen) atoms. The molecule has 0 radical (unpaired) electrons. The zero-order chi connectivity index (χ0) is 14.8. The molecule has 0 aliphatic heterocycles. The van der Waals surface area contributed by atoms with E-state index in [0.717, 1.165) is 28.1 Å². The first-order valence-corrected chi connectivity index (χ1v) is 7.80. The molecular weight excluding hydrogens is 337 g/mol. The van der Waals surface area contributed by atoms with E-state index in [1.54, 1.807) is 6.07 Å². The van der Waals surface area contributed by atoms with Gasteiger partial charge in [0.05, 0.1) is 11.0 Å². The average molecular weight is 354 g/mol. The van der Waals surface area contributed by atoms with Crippen molar-refractivity contribution in [3.8, 4) is 5.75 Å². The quantitative estimate of drug-likeness (QED) is 0.839. The van der Waals surface area contributed by atoms with Crippen LogP contribution in [0.15, 0.2) is 33.2 Å². The van der Waals surface area contributed by atoms with E-state index < -0.39 is 0 Å². The molecule has 0 amide bonds. The van der Waals surface area contributed by atoms with Gasteiger partial charge in [-0.3, -0.25) is 0 Å². The second kappa shape index (κ2) is 6.20. The maximum Gasteiger partial charge on any atom is 0.136 e. The van der Waals surface area contributed by atoms with Crippen molar-refractivity contribution in [2.24, 2.45) is 0 Å². The number of hydrogen-bond donors (Lipinski definition) is 1. The Hall–Kier alpha value is -1.33. The number of nitrogens with one attached hydrogen (secondary N) is 1. The molecule has 1 aromatic heterocycles. The van der Waals surface area contributed by atoms with Crippen LogP contribution < -0.4 is 10.1 Å². The predicted octanol–water partition coefficient (Wildman–Crippen LogP) is 4.32. The fourth-order valence-electron chi connectivity index (χ4n) is 2.09. The van der Waals surface area contributed by atoms with E-state index in [4.69, 9.17) is 9.15 Å². The Balaban J connectivity index is 1.62. The molecule has 1 N–H and O–H groups in total. The van der Waals surface area contributed by atoms with E-state index in [2.05, 4.69) is 21.2 Å². The molecular formula is C16H17BrFNO2. The summed E-state index contributed by atoms with van der Waals surface area (Å²) in [5.41, 5.74) is 0.985. The van der Waals surface area contributed by atoms with E-state index in [-0.39, 0.29) is 5.82 Å². The van der Waals surface area contributed by atoms with Gasteiger partial charge in [0.1, 0.15) is 29.7 Å². The average Bonchev–Trinajstić information content (AvgIpc) is 3.22. The van der Waals surface area contributed by atoms with Gasteiger partial charge < -0.3 is 14.5 Å². The lowest BCUT2D eigenvalue weighted by atomic mass is 10.2. The van der Waals surface area contributed by atoms with Crippen molar-refractivity contribution in [1.29, 1.82) is 0 Å². The highest BCUT2D eigenvalue weighted by atomic mass is 79.9. The van der Waals surface area contributed by atoms with Crippen LogP contribution in [0.3, 0.4) is 0 Å². The van der Waals surface area contributed by atoms with Gasteiger partial charge in [-0.2, -0.15) is 0 Å². The second-order valence-electron chi connectivity index (χ2n) is 5.31. The molecule has 1 heterocycles. The van der Waals surface area contributed by atoms with Crippen LogP contribution in [0.4, 0.5) is 4.39 Å². The lowest BCUT2D eigenvalue weighted by Crippen LogP contribution is -2.14. The Morgan fingerprint density at radius 3 is 2.95 bits per heavy atom. The highest BCUT2D eigenvalue weighted by Crippen LogP contribution is 2.27. The molecule has 1 aliphatic carbocycles. The maximum absolute atomic E-state index is 13.2. The van der Waals surface area contributed by atoms with Crippen molar-refractivity contribution in [1.82, 2.24) is 5.32 Å². The zero-order valence-corrected chi connectivity index (χ0v) is 13.4. The van der Waals surface area contributed by atoms with E-state index >= 15 is 0 Å². The van der Waals surface area contributed by atoms with Gasteiger partial charge in [0.15, 0.2) is 0 Å². The van der Waals surface area contributed by atoms with Gasteiger partial charge in [-0.1, -0.05) is 0 Å². The molecule has 0 saturated heterocycles. The molecule has 112 valence electrons. The van der Waals surface area contributed by atoms with Gasteiger partial charge in [-0.15, -0.1) is 0 Å². The van der Waals surface area contributed by atoms with Gasteiger partial charge in [0, 0.05) is 17.7 Å². The Bertz CT molecular complexity index is 637. The van der Waals surface area contributed by atoms with E-state index in [9.17, 15) is 4.39 Å². The Labute approximate surface area is 131 Å². The normalized spacial score (nSPS) is 14.4. The molecule has 1 fully saturated rings. The van der Waals surface area contributed by atoms with Gasteiger partial charge in [0.2, 0.25) is 0 Å². The SMILES string of the molecule is Cc1oc(CNC2CC2)cc1COc1cc(F)ccc1Br. The minimum Gasteiger partial charge on any atom is -0.487 e. The molecule has 3 rings (SSSR count).